The topological polar surface area (TPSA) is 261 Å². The van der Waals surface area contributed by atoms with Gasteiger partial charge in [0.25, 0.3) is 0 Å². The third kappa shape index (κ3) is 14.2. The van der Waals surface area contributed by atoms with E-state index in [1.165, 1.54) is 11.9 Å². The number of rotatable bonds is 20. The number of nitrogens with one attached hydrogen (secondary N) is 3. The summed E-state index contributed by atoms with van der Waals surface area (Å²) >= 11 is 0. The fraction of sp³-hybridized carbons (Fsp3) is 0.613. The molecule has 258 valence electrons. The van der Waals surface area contributed by atoms with E-state index in [-0.39, 0.29) is 50.0 Å². The van der Waals surface area contributed by atoms with Gasteiger partial charge in [-0.3, -0.25) is 29.0 Å². The number of likely N-dealkylation sites (N-methyl/N-ethyl adjacent to an activating group) is 1. The fourth-order valence-corrected chi connectivity index (χ4v) is 4.73. The van der Waals surface area contributed by atoms with Gasteiger partial charge >= 0.3 is 0 Å². The predicted octanol–water partition coefficient (Wildman–Crippen LogP) is -1.54. The first-order valence-corrected chi connectivity index (χ1v) is 15.5. The molecule has 0 saturated heterocycles. The molecule has 0 aromatic heterocycles. The summed E-state index contributed by atoms with van der Waals surface area (Å²) in [4.78, 5) is 70.9. The van der Waals surface area contributed by atoms with Crippen molar-refractivity contribution in [2.75, 3.05) is 20.2 Å². The van der Waals surface area contributed by atoms with Crippen LogP contribution in [0.1, 0.15) is 58.9 Å². The van der Waals surface area contributed by atoms with E-state index >= 15 is 0 Å². The number of hydrogen-bond donors (Lipinski definition) is 8. The normalized spacial score (nSPS) is 14.4. The van der Waals surface area contributed by atoms with Gasteiger partial charge in [-0.25, -0.2) is 0 Å². The Morgan fingerprint density at radius 1 is 0.826 bits per heavy atom. The molecule has 1 aromatic rings. The zero-order chi connectivity index (χ0) is 35.0. The first-order chi connectivity index (χ1) is 21.6. The van der Waals surface area contributed by atoms with Gasteiger partial charge in [0.2, 0.25) is 29.5 Å². The molecule has 0 saturated carbocycles. The second-order valence-electron chi connectivity index (χ2n) is 12.2. The number of hydrogen-bond acceptors (Lipinski definition) is 8. The summed E-state index contributed by atoms with van der Waals surface area (Å²) in [6.45, 7) is 7.16. The molecule has 12 N–H and O–H groups in total. The van der Waals surface area contributed by atoms with Crippen molar-refractivity contribution in [3.63, 3.8) is 0 Å². The van der Waals surface area contributed by atoms with Gasteiger partial charge in [-0.2, -0.15) is 0 Å². The Kier molecular flexibility index (Phi) is 17.3. The van der Waals surface area contributed by atoms with Crippen molar-refractivity contribution in [2.24, 2.45) is 39.8 Å². The van der Waals surface area contributed by atoms with Gasteiger partial charge in [-0.05, 0) is 43.1 Å². The number of nitrogens with two attached hydrogens (primary N) is 4. The summed E-state index contributed by atoms with van der Waals surface area (Å²) in [5.74, 6) is -3.34. The number of aliphatic hydroxyl groups is 1. The third-order valence-corrected chi connectivity index (χ3v) is 7.19. The van der Waals surface area contributed by atoms with Crippen molar-refractivity contribution in [3.8, 4) is 0 Å². The molecule has 0 fully saturated rings. The molecular formula is C31H53N9O6. The zero-order valence-electron chi connectivity index (χ0n) is 27.6. The van der Waals surface area contributed by atoms with E-state index in [0.717, 1.165) is 5.56 Å². The van der Waals surface area contributed by atoms with Gasteiger partial charge in [-0.1, -0.05) is 58.0 Å². The molecule has 46 heavy (non-hydrogen) atoms. The number of amides is 5. The molecule has 0 heterocycles. The Balaban J connectivity index is 3.25. The number of aliphatic hydroxyl groups excluding tert-OH is 1. The third-order valence-electron chi connectivity index (χ3n) is 7.19. The van der Waals surface area contributed by atoms with Crippen LogP contribution in [0.2, 0.25) is 0 Å². The minimum atomic E-state index is -1.24. The lowest BCUT2D eigenvalue weighted by atomic mass is 9.97. The molecule has 0 aliphatic heterocycles. The molecular weight excluding hydrogens is 594 g/mol. The van der Waals surface area contributed by atoms with Crippen molar-refractivity contribution in [1.29, 1.82) is 0 Å². The lowest BCUT2D eigenvalue weighted by molar-refractivity contribution is -0.143. The molecule has 0 aliphatic carbocycles. The molecule has 1 rings (SSSR count). The van der Waals surface area contributed by atoms with Crippen LogP contribution in [0.15, 0.2) is 35.3 Å². The van der Waals surface area contributed by atoms with Gasteiger partial charge in [0.05, 0.1) is 6.61 Å². The number of nitrogens with zero attached hydrogens (tertiary/aromatic N) is 2. The zero-order valence-corrected chi connectivity index (χ0v) is 27.6. The standard InChI is InChI=1S/C31H53N9O6/c1-18(2)14-23(28(44)37-22(26(33)42)12-9-13-36-31(34)35)38-29(45)25(15-19(3)4)40(5)30(46)24(39-27(43)21(32)17-41)16-20-10-7-6-8-11-20/h6-8,10-11,18-19,21-25,41H,9,12-17,32H2,1-5H3,(H2,33,42)(H,37,44)(H,38,45)(H,39,43)(H4,34,35,36)/t21-,22-,23-,24-,25-/m0/s1. The van der Waals surface area contributed by atoms with Crippen LogP contribution in [-0.2, 0) is 30.4 Å². The number of guanidine groups is 1. The highest BCUT2D eigenvalue weighted by Crippen LogP contribution is 2.16. The average molecular weight is 648 g/mol. The summed E-state index contributed by atoms with van der Waals surface area (Å²) < 4.78 is 0. The summed E-state index contributed by atoms with van der Waals surface area (Å²) in [6, 6.07) is 3.61. The summed E-state index contributed by atoms with van der Waals surface area (Å²) in [5.41, 5.74) is 22.7. The van der Waals surface area contributed by atoms with Crippen LogP contribution in [0.5, 0.6) is 0 Å². The number of benzene rings is 1. The second-order valence-corrected chi connectivity index (χ2v) is 12.2. The van der Waals surface area contributed by atoms with Crippen molar-refractivity contribution >= 4 is 35.5 Å². The summed E-state index contributed by atoms with van der Waals surface area (Å²) in [7, 11) is 1.46. The Morgan fingerprint density at radius 2 is 1.39 bits per heavy atom. The highest BCUT2D eigenvalue weighted by molar-refractivity contribution is 5.95. The molecule has 5 atom stereocenters. The summed E-state index contributed by atoms with van der Waals surface area (Å²) in [6.07, 6.45) is 1.16. The van der Waals surface area contributed by atoms with Crippen LogP contribution in [0, 0.1) is 11.8 Å². The fourth-order valence-electron chi connectivity index (χ4n) is 4.73. The van der Waals surface area contributed by atoms with Crippen molar-refractivity contribution in [3.05, 3.63) is 35.9 Å². The van der Waals surface area contributed by atoms with Crippen LogP contribution in [0.25, 0.3) is 0 Å². The van der Waals surface area contributed by atoms with Crippen LogP contribution < -0.4 is 38.9 Å². The SMILES string of the molecule is CC(C)C[C@H](NC(=O)[C@H](CC(C)C)N(C)C(=O)[C@H](Cc1ccccc1)NC(=O)[C@@H](N)CO)C(=O)N[C@@H](CCCN=C(N)N)C(N)=O. The maximum Gasteiger partial charge on any atom is 0.245 e. The highest BCUT2D eigenvalue weighted by atomic mass is 16.3. The largest absolute Gasteiger partial charge is 0.394 e. The van der Waals surface area contributed by atoms with Crippen molar-refractivity contribution in [2.45, 2.75) is 90.0 Å². The number of aliphatic imine (C=N–C) groups is 1. The Bertz CT molecular complexity index is 1170. The van der Waals surface area contributed by atoms with Gasteiger partial charge in [-0.15, -0.1) is 0 Å². The predicted molar refractivity (Wildman–Crippen MR) is 176 cm³/mol. The molecule has 5 amide bonds. The van der Waals surface area contributed by atoms with Crippen LogP contribution in [0.3, 0.4) is 0 Å². The van der Waals surface area contributed by atoms with E-state index in [4.69, 9.17) is 22.9 Å². The van der Waals surface area contributed by atoms with E-state index in [9.17, 15) is 29.1 Å². The lowest BCUT2D eigenvalue weighted by Crippen LogP contribution is -2.59. The van der Waals surface area contributed by atoms with E-state index < -0.39 is 66.4 Å². The molecule has 0 unspecified atom stereocenters. The lowest BCUT2D eigenvalue weighted by Gasteiger charge is -2.33. The molecule has 0 radical (unpaired) electrons. The van der Waals surface area contributed by atoms with Crippen molar-refractivity contribution < 1.29 is 29.1 Å². The molecule has 1 aromatic carbocycles. The molecule has 0 bridgehead atoms. The first kappa shape index (κ1) is 39.8. The number of primary amides is 1. The average Bonchev–Trinajstić information content (AvgIpc) is 2.99. The highest BCUT2D eigenvalue weighted by Gasteiger charge is 2.35. The van der Waals surface area contributed by atoms with E-state index in [1.807, 2.05) is 33.8 Å². The van der Waals surface area contributed by atoms with Gasteiger partial charge < -0.3 is 48.9 Å². The van der Waals surface area contributed by atoms with Crippen LogP contribution >= 0.6 is 0 Å². The molecule has 0 spiro atoms. The minimum absolute atomic E-state index is 0.0194. The first-order valence-electron chi connectivity index (χ1n) is 15.5. The van der Waals surface area contributed by atoms with Gasteiger partial charge in [0.1, 0.15) is 30.2 Å². The van der Waals surface area contributed by atoms with Gasteiger partial charge in [0.15, 0.2) is 5.96 Å². The maximum atomic E-state index is 13.9. The van der Waals surface area contributed by atoms with E-state index in [2.05, 4.69) is 20.9 Å². The smallest absolute Gasteiger partial charge is 0.245 e. The summed E-state index contributed by atoms with van der Waals surface area (Å²) in [5, 5.41) is 17.4. The molecule has 0 aliphatic rings. The van der Waals surface area contributed by atoms with Gasteiger partial charge in [0, 0.05) is 20.0 Å². The minimum Gasteiger partial charge on any atom is -0.394 e. The number of carbonyl (C=O) groups excluding carboxylic acids is 5. The second kappa shape index (κ2) is 20.0. The monoisotopic (exact) mass is 647 g/mol. The Morgan fingerprint density at radius 3 is 1.91 bits per heavy atom. The van der Waals surface area contributed by atoms with E-state index in [0.29, 0.717) is 6.42 Å². The van der Waals surface area contributed by atoms with Crippen molar-refractivity contribution in [1.82, 2.24) is 20.9 Å². The Labute approximate surface area is 271 Å². The van der Waals surface area contributed by atoms with Crippen LogP contribution in [-0.4, -0.2) is 95.9 Å². The molecule has 15 nitrogen and oxygen atoms in total. The quantitative estimate of drug-likeness (QED) is 0.0463. The maximum absolute atomic E-state index is 13.9. The van der Waals surface area contributed by atoms with E-state index in [1.54, 1.807) is 24.3 Å². The molecule has 15 heteroatoms. The van der Waals surface area contributed by atoms with Crippen LogP contribution in [0.4, 0.5) is 0 Å². The number of carbonyl (C=O) groups is 5. The Hall–Kier alpha value is -4.24.